The van der Waals surface area contributed by atoms with E-state index in [1.807, 2.05) is 0 Å². The SMILES string of the molecule is N#CN.N#CN.[Ca]. The smallest absolute Gasteiger partial charge is 0.173 e. The molecule has 0 fully saturated rings. The predicted octanol–water partition coefficient (Wildman–Crippen LogP) is -1.53. The first-order valence-electron chi connectivity index (χ1n) is 1.02. The van der Waals surface area contributed by atoms with E-state index in [0.29, 0.717) is 0 Å². The summed E-state index contributed by atoms with van der Waals surface area (Å²) in [6.07, 6.45) is 2.50. The van der Waals surface area contributed by atoms with E-state index in [-0.39, 0.29) is 37.7 Å². The van der Waals surface area contributed by atoms with Crippen LogP contribution < -0.4 is 11.5 Å². The van der Waals surface area contributed by atoms with Crippen molar-refractivity contribution in [3.05, 3.63) is 0 Å². The second kappa shape index (κ2) is 40.4. The van der Waals surface area contributed by atoms with Crippen LogP contribution in [0.1, 0.15) is 0 Å². The second-order valence-electron chi connectivity index (χ2n) is 0.258. The van der Waals surface area contributed by atoms with E-state index in [9.17, 15) is 0 Å². The van der Waals surface area contributed by atoms with Crippen molar-refractivity contribution in [1.82, 2.24) is 0 Å². The summed E-state index contributed by atoms with van der Waals surface area (Å²) in [5.41, 5.74) is 8.31. The van der Waals surface area contributed by atoms with Crippen molar-refractivity contribution in [3.8, 4) is 12.4 Å². The summed E-state index contributed by atoms with van der Waals surface area (Å²) in [6, 6.07) is 0. The first-order valence-corrected chi connectivity index (χ1v) is 1.02. The van der Waals surface area contributed by atoms with Crippen molar-refractivity contribution in [2.24, 2.45) is 11.5 Å². The van der Waals surface area contributed by atoms with Crippen molar-refractivity contribution in [2.75, 3.05) is 0 Å². The molecule has 0 atom stereocenters. The molecule has 4 N–H and O–H groups in total. The largest absolute Gasteiger partial charge is 0.337 e. The summed E-state index contributed by atoms with van der Waals surface area (Å²) in [4.78, 5) is 0. The van der Waals surface area contributed by atoms with Gasteiger partial charge in [0.25, 0.3) is 0 Å². The van der Waals surface area contributed by atoms with Crippen molar-refractivity contribution < 1.29 is 0 Å². The van der Waals surface area contributed by atoms with Gasteiger partial charge in [0.2, 0.25) is 0 Å². The van der Waals surface area contributed by atoms with Gasteiger partial charge in [-0.25, -0.2) is 0 Å². The molecule has 0 heterocycles. The Morgan fingerprint density at radius 1 is 1.00 bits per heavy atom. The van der Waals surface area contributed by atoms with Crippen LogP contribution in [0, 0.1) is 22.9 Å². The molecule has 0 unspecified atom stereocenters. The number of rotatable bonds is 0. The summed E-state index contributed by atoms with van der Waals surface area (Å²) < 4.78 is 0. The van der Waals surface area contributed by atoms with Crippen molar-refractivity contribution in [3.63, 3.8) is 0 Å². The number of nitriles is 2. The molecule has 0 rings (SSSR count). The maximum absolute atomic E-state index is 7.10. The Morgan fingerprint density at radius 2 is 1.00 bits per heavy atom. The van der Waals surface area contributed by atoms with Crippen molar-refractivity contribution in [2.45, 2.75) is 0 Å². The van der Waals surface area contributed by atoms with Crippen LogP contribution in [-0.2, 0) is 0 Å². The Kier molecular flexibility index (Phi) is 91.3. The van der Waals surface area contributed by atoms with Crippen LogP contribution in [0.25, 0.3) is 0 Å². The average molecular weight is 124 g/mol. The third-order valence-corrected chi connectivity index (χ3v) is 0. The van der Waals surface area contributed by atoms with Gasteiger partial charge in [-0.2, -0.15) is 10.5 Å². The van der Waals surface area contributed by atoms with Crippen LogP contribution in [-0.4, -0.2) is 37.7 Å². The van der Waals surface area contributed by atoms with Gasteiger partial charge in [0, 0.05) is 37.7 Å². The molecule has 0 aromatic carbocycles. The number of hydrogen-bond donors (Lipinski definition) is 2. The molecule has 0 aliphatic heterocycles. The summed E-state index contributed by atoms with van der Waals surface area (Å²) in [5, 5.41) is 14.2. The first kappa shape index (κ1) is 15.8. The number of nitrogens with two attached hydrogens (primary N) is 2. The van der Waals surface area contributed by atoms with Gasteiger partial charge in [-0.3, -0.25) is 0 Å². The summed E-state index contributed by atoms with van der Waals surface area (Å²) in [7, 11) is 0. The van der Waals surface area contributed by atoms with Gasteiger partial charge in [-0.05, 0) is 0 Å². The van der Waals surface area contributed by atoms with Gasteiger partial charge < -0.3 is 11.5 Å². The fraction of sp³-hybridized carbons (Fsp3) is 0. The molecule has 0 bridgehead atoms. The maximum Gasteiger partial charge on any atom is 0.173 e. The molecule has 34 valence electrons. The van der Waals surface area contributed by atoms with E-state index < -0.39 is 0 Å². The van der Waals surface area contributed by atoms with Crippen molar-refractivity contribution >= 4 is 37.7 Å². The summed E-state index contributed by atoms with van der Waals surface area (Å²) >= 11 is 0. The topological polar surface area (TPSA) is 99.6 Å². The van der Waals surface area contributed by atoms with Crippen LogP contribution in [0.3, 0.4) is 0 Å². The minimum absolute atomic E-state index is 0. The Balaban J connectivity index is -0.0000000400. The van der Waals surface area contributed by atoms with Gasteiger partial charge in [0.15, 0.2) is 12.4 Å². The van der Waals surface area contributed by atoms with Gasteiger partial charge in [0.1, 0.15) is 0 Å². The van der Waals surface area contributed by atoms with E-state index in [2.05, 4.69) is 11.5 Å². The van der Waals surface area contributed by atoms with Crippen LogP contribution in [0.15, 0.2) is 0 Å². The van der Waals surface area contributed by atoms with E-state index in [4.69, 9.17) is 10.5 Å². The quantitative estimate of drug-likeness (QED) is 0.232. The Morgan fingerprint density at radius 3 is 1.00 bits per heavy atom. The minimum Gasteiger partial charge on any atom is -0.337 e. The van der Waals surface area contributed by atoms with E-state index >= 15 is 0 Å². The number of nitrogens with zero attached hydrogens (tertiary/aromatic N) is 2. The van der Waals surface area contributed by atoms with E-state index in [1.54, 1.807) is 0 Å². The van der Waals surface area contributed by atoms with E-state index in [1.165, 1.54) is 12.4 Å². The molecule has 0 saturated carbocycles. The van der Waals surface area contributed by atoms with Crippen LogP contribution >= 0.6 is 0 Å². The monoisotopic (exact) mass is 124 g/mol. The predicted molar refractivity (Wildman–Crippen MR) is 25.4 cm³/mol. The van der Waals surface area contributed by atoms with Gasteiger partial charge in [-0.1, -0.05) is 0 Å². The van der Waals surface area contributed by atoms with Crippen LogP contribution in [0.2, 0.25) is 0 Å². The molecule has 2 radical (unpaired) electrons. The maximum atomic E-state index is 7.10. The molecule has 4 nitrogen and oxygen atoms in total. The summed E-state index contributed by atoms with van der Waals surface area (Å²) in [6.45, 7) is 0. The molecule has 0 aromatic heterocycles. The molecule has 0 saturated heterocycles. The third kappa shape index (κ3) is 3350. The van der Waals surface area contributed by atoms with Crippen LogP contribution in [0.5, 0.6) is 0 Å². The zero-order chi connectivity index (χ0) is 5.41. The fourth-order valence-electron chi connectivity index (χ4n) is 0. The molecule has 0 aliphatic carbocycles. The third-order valence-electron chi connectivity index (χ3n) is 0. The Hall–Kier alpha value is -0.160. The van der Waals surface area contributed by atoms with Gasteiger partial charge >= 0.3 is 0 Å². The Labute approximate surface area is 71.7 Å². The first-order chi connectivity index (χ1) is 2.83. The Bertz CT molecular complexity index is 64.7. The molecule has 7 heavy (non-hydrogen) atoms. The molecule has 5 heteroatoms. The molecule has 0 amide bonds. The standard InChI is InChI=1S/2CH2N2.Ca/c2*2-1-3;/h2*2H2;. The molecule has 0 aliphatic rings. The minimum atomic E-state index is 0. The summed E-state index contributed by atoms with van der Waals surface area (Å²) in [5.74, 6) is 0. The molecular weight excluding hydrogens is 120 g/mol. The second-order valence-corrected chi connectivity index (χ2v) is 0.258. The zero-order valence-electron chi connectivity index (χ0n) is 3.76. The molecular formula is C2H4CaN4. The fourth-order valence-corrected chi connectivity index (χ4v) is 0. The molecule has 0 spiro atoms. The molecule has 0 aromatic rings. The zero-order valence-corrected chi connectivity index (χ0v) is 5.96. The van der Waals surface area contributed by atoms with E-state index in [0.717, 1.165) is 0 Å². The normalized spacial score (nSPS) is 2.00. The van der Waals surface area contributed by atoms with Gasteiger partial charge in [0.05, 0.1) is 0 Å². The average Bonchev–Trinajstić information content (AvgIpc) is 1.39. The van der Waals surface area contributed by atoms with Crippen molar-refractivity contribution in [1.29, 1.82) is 10.5 Å². The van der Waals surface area contributed by atoms with Gasteiger partial charge in [-0.15, -0.1) is 0 Å². The number of hydrogen-bond acceptors (Lipinski definition) is 4. The van der Waals surface area contributed by atoms with Crippen LogP contribution in [0.4, 0.5) is 0 Å².